The van der Waals surface area contributed by atoms with Gasteiger partial charge < -0.3 is 10.1 Å². The normalized spacial score (nSPS) is 10.8. The molecule has 0 aliphatic heterocycles. The highest BCUT2D eigenvalue weighted by Crippen LogP contribution is 2.34. The van der Waals surface area contributed by atoms with Gasteiger partial charge in [-0.3, -0.25) is 9.36 Å². The molecule has 1 heterocycles. The average molecular weight is 451 g/mol. The Kier molecular flexibility index (Phi) is 7.41. The first-order valence-corrected chi connectivity index (χ1v) is 10.7. The summed E-state index contributed by atoms with van der Waals surface area (Å²) in [6.45, 7) is 2.65. The van der Waals surface area contributed by atoms with Crippen molar-refractivity contribution in [1.82, 2.24) is 20.1 Å². The van der Waals surface area contributed by atoms with E-state index in [1.807, 2.05) is 29.7 Å². The highest BCUT2D eigenvalue weighted by molar-refractivity contribution is 7.99. The summed E-state index contributed by atoms with van der Waals surface area (Å²) in [6.07, 6.45) is 0.880. The van der Waals surface area contributed by atoms with Gasteiger partial charge in [-0.1, -0.05) is 54.0 Å². The number of carbonyl (C=O) groups is 1. The van der Waals surface area contributed by atoms with E-state index in [-0.39, 0.29) is 11.7 Å². The Hall–Kier alpha value is -2.22. The van der Waals surface area contributed by atoms with E-state index in [4.69, 9.17) is 27.9 Å². The molecular weight excluding hydrogens is 431 g/mol. The van der Waals surface area contributed by atoms with Crippen molar-refractivity contribution < 1.29 is 9.53 Å². The molecule has 152 valence electrons. The number of nitrogens with zero attached hydrogens (tertiary/aromatic N) is 3. The first-order valence-electron chi connectivity index (χ1n) is 8.98. The van der Waals surface area contributed by atoms with Crippen LogP contribution in [0.2, 0.25) is 10.0 Å². The van der Waals surface area contributed by atoms with Crippen LogP contribution in [0.1, 0.15) is 13.3 Å². The molecule has 0 unspecified atom stereocenters. The molecule has 3 rings (SSSR count). The lowest BCUT2D eigenvalue weighted by Crippen LogP contribution is -2.25. The van der Waals surface area contributed by atoms with E-state index in [1.54, 1.807) is 31.4 Å². The first kappa shape index (κ1) is 21.5. The van der Waals surface area contributed by atoms with Crippen molar-refractivity contribution in [2.45, 2.75) is 18.5 Å². The van der Waals surface area contributed by atoms with Gasteiger partial charge in [-0.15, -0.1) is 10.2 Å². The number of aromatic nitrogens is 3. The van der Waals surface area contributed by atoms with Crippen LogP contribution in [0.4, 0.5) is 0 Å². The summed E-state index contributed by atoms with van der Waals surface area (Å²) in [7, 11) is 1.58. The molecule has 6 nitrogen and oxygen atoms in total. The van der Waals surface area contributed by atoms with Crippen LogP contribution in [0.15, 0.2) is 47.6 Å². The number of amides is 1. The van der Waals surface area contributed by atoms with Gasteiger partial charge in [0.05, 0.1) is 18.6 Å². The van der Waals surface area contributed by atoms with Gasteiger partial charge in [0, 0.05) is 22.2 Å². The Labute approximate surface area is 183 Å². The van der Waals surface area contributed by atoms with Crippen LogP contribution in [-0.2, 0) is 4.79 Å². The molecule has 1 amide bonds. The molecule has 0 aliphatic rings. The second-order valence-electron chi connectivity index (χ2n) is 6.11. The predicted octanol–water partition coefficient (Wildman–Crippen LogP) is 4.87. The number of benzene rings is 2. The number of hydrogen-bond donors (Lipinski definition) is 1. The smallest absolute Gasteiger partial charge is 0.230 e. The molecule has 0 atom stereocenters. The van der Waals surface area contributed by atoms with Crippen LogP contribution in [0.5, 0.6) is 5.75 Å². The molecular formula is C20H20Cl2N4O2S. The van der Waals surface area contributed by atoms with E-state index in [0.29, 0.717) is 39.0 Å². The van der Waals surface area contributed by atoms with Crippen molar-refractivity contribution in [2.24, 2.45) is 0 Å². The number of nitrogens with one attached hydrogen (secondary N) is 1. The molecule has 0 spiro atoms. The van der Waals surface area contributed by atoms with Gasteiger partial charge in [-0.2, -0.15) is 0 Å². The summed E-state index contributed by atoms with van der Waals surface area (Å²) < 4.78 is 7.35. The van der Waals surface area contributed by atoms with Crippen molar-refractivity contribution in [3.8, 4) is 22.8 Å². The lowest BCUT2D eigenvalue weighted by Gasteiger charge is -2.14. The number of rotatable bonds is 8. The molecule has 0 fully saturated rings. The number of halogens is 2. The van der Waals surface area contributed by atoms with E-state index in [2.05, 4.69) is 15.5 Å². The number of methoxy groups -OCH3 is 1. The number of thioether (sulfide) groups is 1. The van der Waals surface area contributed by atoms with Gasteiger partial charge in [-0.25, -0.2) is 0 Å². The Bertz CT molecular complexity index is 1010. The van der Waals surface area contributed by atoms with Crippen molar-refractivity contribution in [3.05, 3.63) is 52.5 Å². The van der Waals surface area contributed by atoms with Crippen molar-refractivity contribution in [3.63, 3.8) is 0 Å². The summed E-state index contributed by atoms with van der Waals surface area (Å²) >= 11 is 13.7. The Balaban J connectivity index is 2.06. The van der Waals surface area contributed by atoms with E-state index < -0.39 is 0 Å². The standard InChI is InChI=1S/C20H20Cl2N4O2S/c1-3-9-23-18(27)12-29-20-25-24-19(13-5-4-6-14(21)10-13)26(20)16-11-15(22)7-8-17(16)28-2/h4-8,10-11H,3,9,12H2,1-2H3,(H,23,27). The van der Waals surface area contributed by atoms with Gasteiger partial charge in [0.1, 0.15) is 5.75 Å². The lowest BCUT2D eigenvalue weighted by atomic mass is 10.2. The fourth-order valence-electron chi connectivity index (χ4n) is 2.68. The molecule has 0 saturated heterocycles. The second kappa shape index (κ2) is 10.0. The molecule has 3 aromatic rings. The highest BCUT2D eigenvalue weighted by Gasteiger charge is 2.20. The number of hydrogen-bond acceptors (Lipinski definition) is 5. The first-order chi connectivity index (χ1) is 14.0. The Morgan fingerprint density at radius 2 is 1.97 bits per heavy atom. The molecule has 0 bridgehead atoms. The SMILES string of the molecule is CCCNC(=O)CSc1nnc(-c2cccc(Cl)c2)n1-c1cc(Cl)ccc1OC. The minimum absolute atomic E-state index is 0.0613. The number of carbonyl (C=O) groups excluding carboxylic acids is 1. The third-order valence-electron chi connectivity index (χ3n) is 4.00. The van der Waals surface area contributed by atoms with E-state index in [0.717, 1.165) is 12.0 Å². The summed E-state index contributed by atoms with van der Waals surface area (Å²) in [5, 5.41) is 13.2. The van der Waals surface area contributed by atoms with Crippen LogP contribution >= 0.6 is 35.0 Å². The molecule has 1 aromatic heterocycles. The maximum Gasteiger partial charge on any atom is 0.230 e. The van der Waals surface area contributed by atoms with Crippen LogP contribution < -0.4 is 10.1 Å². The fourth-order valence-corrected chi connectivity index (χ4v) is 3.81. The van der Waals surface area contributed by atoms with Crippen LogP contribution in [0.25, 0.3) is 17.1 Å². The third-order valence-corrected chi connectivity index (χ3v) is 5.40. The van der Waals surface area contributed by atoms with Crippen LogP contribution in [0, 0.1) is 0 Å². The van der Waals surface area contributed by atoms with Gasteiger partial charge >= 0.3 is 0 Å². The van der Waals surface area contributed by atoms with Gasteiger partial charge in [0.15, 0.2) is 11.0 Å². The largest absolute Gasteiger partial charge is 0.495 e. The Morgan fingerprint density at radius 1 is 1.17 bits per heavy atom. The summed E-state index contributed by atoms with van der Waals surface area (Å²) in [5.41, 5.74) is 1.46. The van der Waals surface area contributed by atoms with Crippen molar-refractivity contribution in [1.29, 1.82) is 0 Å². The summed E-state index contributed by atoms with van der Waals surface area (Å²) in [6, 6.07) is 12.6. The van der Waals surface area contributed by atoms with Crippen molar-refractivity contribution >= 4 is 40.9 Å². The predicted molar refractivity (Wildman–Crippen MR) is 117 cm³/mol. The van der Waals surface area contributed by atoms with Gasteiger partial charge in [0.2, 0.25) is 5.91 Å². The molecule has 0 aliphatic carbocycles. The second-order valence-corrected chi connectivity index (χ2v) is 7.92. The zero-order valence-electron chi connectivity index (χ0n) is 16.0. The number of ether oxygens (including phenoxy) is 1. The molecule has 1 N–H and O–H groups in total. The van der Waals surface area contributed by atoms with Crippen LogP contribution in [-0.4, -0.2) is 40.1 Å². The maximum absolute atomic E-state index is 12.1. The minimum Gasteiger partial charge on any atom is -0.495 e. The lowest BCUT2D eigenvalue weighted by molar-refractivity contribution is -0.118. The topological polar surface area (TPSA) is 69.0 Å². The van der Waals surface area contributed by atoms with Gasteiger partial charge in [0.25, 0.3) is 0 Å². The summed E-state index contributed by atoms with van der Waals surface area (Å²) in [5.74, 6) is 1.34. The molecule has 0 radical (unpaired) electrons. The molecule has 2 aromatic carbocycles. The zero-order chi connectivity index (χ0) is 20.8. The summed E-state index contributed by atoms with van der Waals surface area (Å²) in [4.78, 5) is 12.1. The van der Waals surface area contributed by atoms with Crippen LogP contribution in [0.3, 0.4) is 0 Å². The van der Waals surface area contributed by atoms with E-state index in [1.165, 1.54) is 11.8 Å². The maximum atomic E-state index is 12.1. The molecule has 0 saturated carbocycles. The minimum atomic E-state index is -0.0613. The Morgan fingerprint density at radius 3 is 2.69 bits per heavy atom. The van der Waals surface area contributed by atoms with E-state index >= 15 is 0 Å². The van der Waals surface area contributed by atoms with Crippen molar-refractivity contribution in [2.75, 3.05) is 19.4 Å². The molecule has 29 heavy (non-hydrogen) atoms. The molecule has 9 heteroatoms. The van der Waals surface area contributed by atoms with Gasteiger partial charge in [-0.05, 0) is 36.8 Å². The van der Waals surface area contributed by atoms with E-state index in [9.17, 15) is 4.79 Å². The monoisotopic (exact) mass is 450 g/mol. The third kappa shape index (κ3) is 5.23. The average Bonchev–Trinajstić information content (AvgIpc) is 3.14. The highest BCUT2D eigenvalue weighted by atomic mass is 35.5. The fraction of sp³-hybridized carbons (Fsp3) is 0.250. The quantitative estimate of drug-likeness (QED) is 0.495. The zero-order valence-corrected chi connectivity index (χ0v) is 18.3.